The van der Waals surface area contributed by atoms with E-state index in [-0.39, 0.29) is 5.41 Å². The molecule has 0 bridgehead atoms. The molecule has 0 unspecified atom stereocenters. The zero-order valence-electron chi connectivity index (χ0n) is 15.7. The lowest BCUT2D eigenvalue weighted by Crippen LogP contribution is -2.45. The maximum absolute atomic E-state index is 4.99. The second-order valence-electron chi connectivity index (χ2n) is 6.13. The number of nitrogens with one attached hydrogen (secondary N) is 2. The maximum atomic E-state index is 4.99. The van der Waals surface area contributed by atoms with Crippen molar-refractivity contribution in [3.05, 3.63) is 47.6 Å². The standard InChI is InChI=1S/C19H29N5O/c1-5-19(6-2,16-11-9-8-10-12-16)14-22-18(20-7-3)21-13-17-23-15(4)25-24-17/h8-12H,5-7,13-14H2,1-4H3,(H2,20,21,22). The molecule has 0 atom stereocenters. The van der Waals surface area contributed by atoms with Crippen LogP contribution in [0.25, 0.3) is 0 Å². The van der Waals surface area contributed by atoms with Crippen LogP contribution in [0.3, 0.4) is 0 Å². The third kappa shape index (κ3) is 5.05. The molecule has 1 aromatic carbocycles. The van der Waals surface area contributed by atoms with E-state index in [9.17, 15) is 0 Å². The molecule has 0 aliphatic carbocycles. The summed E-state index contributed by atoms with van der Waals surface area (Å²) < 4.78 is 4.99. The molecule has 6 nitrogen and oxygen atoms in total. The zero-order valence-corrected chi connectivity index (χ0v) is 15.7. The Morgan fingerprint density at radius 1 is 1.12 bits per heavy atom. The van der Waals surface area contributed by atoms with E-state index < -0.39 is 0 Å². The fraction of sp³-hybridized carbons (Fsp3) is 0.526. The van der Waals surface area contributed by atoms with Crippen molar-refractivity contribution in [2.24, 2.45) is 4.99 Å². The summed E-state index contributed by atoms with van der Waals surface area (Å²) >= 11 is 0. The van der Waals surface area contributed by atoms with Gasteiger partial charge in [0.1, 0.15) is 6.54 Å². The van der Waals surface area contributed by atoms with Crippen molar-refractivity contribution in [3.63, 3.8) is 0 Å². The summed E-state index contributed by atoms with van der Waals surface area (Å²) in [5.74, 6) is 1.92. The summed E-state index contributed by atoms with van der Waals surface area (Å²) in [5, 5.41) is 10.7. The van der Waals surface area contributed by atoms with Gasteiger partial charge >= 0.3 is 0 Å². The molecule has 0 aliphatic rings. The van der Waals surface area contributed by atoms with Crippen LogP contribution in [0.5, 0.6) is 0 Å². The maximum Gasteiger partial charge on any atom is 0.223 e. The summed E-state index contributed by atoms with van der Waals surface area (Å²) in [5.41, 5.74) is 1.44. The largest absolute Gasteiger partial charge is 0.357 e. The van der Waals surface area contributed by atoms with E-state index >= 15 is 0 Å². The number of aromatic nitrogens is 2. The molecular formula is C19H29N5O. The average molecular weight is 343 g/mol. The van der Waals surface area contributed by atoms with E-state index in [1.807, 2.05) is 0 Å². The van der Waals surface area contributed by atoms with E-state index in [0.29, 0.717) is 18.3 Å². The Kier molecular flexibility index (Phi) is 6.98. The van der Waals surface area contributed by atoms with Crippen LogP contribution < -0.4 is 10.6 Å². The number of nitrogens with zero attached hydrogens (tertiary/aromatic N) is 3. The van der Waals surface area contributed by atoms with Gasteiger partial charge in [-0.3, -0.25) is 0 Å². The van der Waals surface area contributed by atoms with Gasteiger partial charge in [-0.15, -0.1) is 0 Å². The van der Waals surface area contributed by atoms with Crippen LogP contribution in [-0.4, -0.2) is 29.2 Å². The highest BCUT2D eigenvalue weighted by Crippen LogP contribution is 2.30. The SMILES string of the molecule is CCNC(=NCc1noc(C)n1)NCC(CC)(CC)c1ccccc1. The van der Waals surface area contributed by atoms with Gasteiger partial charge in [-0.1, -0.05) is 49.3 Å². The first-order valence-corrected chi connectivity index (χ1v) is 9.00. The molecule has 136 valence electrons. The number of aliphatic imine (C=N–C) groups is 1. The molecule has 2 N–H and O–H groups in total. The molecule has 0 saturated heterocycles. The van der Waals surface area contributed by atoms with Gasteiger partial charge in [-0.05, 0) is 25.3 Å². The fourth-order valence-electron chi connectivity index (χ4n) is 2.95. The Morgan fingerprint density at radius 3 is 2.40 bits per heavy atom. The Balaban J connectivity index is 2.09. The van der Waals surface area contributed by atoms with E-state index in [2.05, 4.69) is 76.9 Å². The normalized spacial score (nSPS) is 12.2. The van der Waals surface area contributed by atoms with Gasteiger partial charge in [0.2, 0.25) is 5.89 Å². The molecule has 0 saturated carbocycles. The van der Waals surface area contributed by atoms with E-state index in [0.717, 1.165) is 31.9 Å². The molecule has 1 heterocycles. The van der Waals surface area contributed by atoms with E-state index in [4.69, 9.17) is 4.52 Å². The van der Waals surface area contributed by atoms with Crippen molar-refractivity contribution in [3.8, 4) is 0 Å². The monoisotopic (exact) mass is 343 g/mol. The van der Waals surface area contributed by atoms with Gasteiger partial charge in [0.25, 0.3) is 0 Å². The van der Waals surface area contributed by atoms with Gasteiger partial charge < -0.3 is 15.2 Å². The molecule has 2 aromatic rings. The summed E-state index contributed by atoms with van der Waals surface area (Å²) in [7, 11) is 0. The van der Waals surface area contributed by atoms with E-state index in [1.165, 1.54) is 5.56 Å². The smallest absolute Gasteiger partial charge is 0.223 e. The molecule has 0 fully saturated rings. The highest BCUT2D eigenvalue weighted by molar-refractivity contribution is 5.79. The fourth-order valence-corrected chi connectivity index (χ4v) is 2.95. The van der Waals surface area contributed by atoms with Crippen LogP contribution in [0.15, 0.2) is 39.8 Å². The molecule has 2 rings (SSSR count). The van der Waals surface area contributed by atoms with Gasteiger partial charge in [0.15, 0.2) is 11.8 Å². The first kappa shape index (κ1) is 19.0. The van der Waals surface area contributed by atoms with Crippen LogP contribution >= 0.6 is 0 Å². The highest BCUT2D eigenvalue weighted by atomic mass is 16.5. The van der Waals surface area contributed by atoms with Crippen LogP contribution in [0.1, 0.15) is 50.9 Å². The van der Waals surface area contributed by atoms with Gasteiger partial charge in [-0.2, -0.15) is 4.98 Å². The first-order chi connectivity index (χ1) is 12.1. The lowest BCUT2D eigenvalue weighted by molar-refractivity contribution is 0.386. The van der Waals surface area contributed by atoms with Crippen LogP contribution in [0, 0.1) is 6.92 Å². The van der Waals surface area contributed by atoms with Crippen molar-refractivity contribution in [2.75, 3.05) is 13.1 Å². The number of benzene rings is 1. The van der Waals surface area contributed by atoms with Crippen molar-refractivity contribution < 1.29 is 4.52 Å². The van der Waals surface area contributed by atoms with Crippen molar-refractivity contribution in [1.29, 1.82) is 0 Å². The van der Waals surface area contributed by atoms with Crippen LogP contribution in [0.2, 0.25) is 0 Å². The van der Waals surface area contributed by atoms with Crippen molar-refractivity contribution >= 4 is 5.96 Å². The Labute approximate surface area is 150 Å². The second kappa shape index (κ2) is 9.20. The Morgan fingerprint density at radius 2 is 1.84 bits per heavy atom. The summed E-state index contributed by atoms with van der Waals surface area (Å²) in [6.07, 6.45) is 2.12. The van der Waals surface area contributed by atoms with Gasteiger partial charge in [0, 0.05) is 25.4 Å². The summed E-state index contributed by atoms with van der Waals surface area (Å²) in [4.78, 5) is 8.76. The number of hydrogen-bond acceptors (Lipinski definition) is 4. The quantitative estimate of drug-likeness (QED) is 0.569. The average Bonchev–Trinajstić information content (AvgIpc) is 3.07. The molecular weight excluding hydrogens is 314 g/mol. The third-order valence-electron chi connectivity index (χ3n) is 4.63. The molecule has 0 radical (unpaired) electrons. The molecule has 6 heteroatoms. The van der Waals surface area contributed by atoms with Gasteiger partial charge in [-0.25, -0.2) is 4.99 Å². The minimum atomic E-state index is 0.0835. The molecule has 0 amide bonds. The predicted octanol–water partition coefficient (Wildman–Crippen LogP) is 3.19. The minimum Gasteiger partial charge on any atom is -0.357 e. The number of aryl methyl sites for hydroxylation is 1. The van der Waals surface area contributed by atoms with Gasteiger partial charge in [0.05, 0.1) is 0 Å². The number of guanidine groups is 1. The van der Waals surface area contributed by atoms with Crippen LogP contribution in [-0.2, 0) is 12.0 Å². The third-order valence-corrected chi connectivity index (χ3v) is 4.63. The summed E-state index contributed by atoms with van der Waals surface area (Å²) in [6.45, 7) is 10.3. The van der Waals surface area contributed by atoms with Crippen LogP contribution in [0.4, 0.5) is 0 Å². The second-order valence-corrected chi connectivity index (χ2v) is 6.13. The number of hydrogen-bond donors (Lipinski definition) is 2. The summed E-state index contributed by atoms with van der Waals surface area (Å²) in [6, 6.07) is 10.7. The predicted molar refractivity (Wildman–Crippen MR) is 101 cm³/mol. The number of rotatable bonds is 8. The lowest BCUT2D eigenvalue weighted by atomic mass is 9.76. The topological polar surface area (TPSA) is 75.3 Å². The lowest BCUT2D eigenvalue weighted by Gasteiger charge is -2.33. The zero-order chi connectivity index (χ0) is 18.1. The Hall–Kier alpha value is -2.37. The molecule has 25 heavy (non-hydrogen) atoms. The minimum absolute atomic E-state index is 0.0835. The van der Waals surface area contributed by atoms with Crippen molar-refractivity contribution in [1.82, 2.24) is 20.8 Å². The Bertz CT molecular complexity index is 661. The van der Waals surface area contributed by atoms with E-state index in [1.54, 1.807) is 6.92 Å². The van der Waals surface area contributed by atoms with Crippen molar-refractivity contribution in [2.45, 2.75) is 52.5 Å². The first-order valence-electron chi connectivity index (χ1n) is 9.00. The highest BCUT2D eigenvalue weighted by Gasteiger charge is 2.28. The molecule has 0 aliphatic heterocycles. The molecule has 0 spiro atoms. The molecule has 1 aromatic heterocycles.